The van der Waals surface area contributed by atoms with Crippen LogP contribution >= 0.6 is 0 Å². The van der Waals surface area contributed by atoms with Gasteiger partial charge >= 0.3 is 0 Å². The molecule has 1 N–H and O–H groups in total. The van der Waals surface area contributed by atoms with E-state index in [2.05, 4.69) is 34.2 Å². The highest BCUT2D eigenvalue weighted by Crippen LogP contribution is 2.44. The summed E-state index contributed by atoms with van der Waals surface area (Å²) in [5.41, 5.74) is 3.07. The Morgan fingerprint density at radius 1 is 0.875 bits per heavy atom. The third-order valence-electron chi connectivity index (χ3n) is 9.63. The Balaban J connectivity index is 1.13. The molecule has 4 nitrogen and oxygen atoms in total. The number of carbonyl (C=O) groups is 1. The molecule has 0 aromatic carbocycles. The third-order valence-corrected chi connectivity index (χ3v) is 9.63. The standard InChI is InChI=1S/C28H45N3O/c1-22-21-25(11-12-26(22)27(32)29-23-7-4-2-3-5-8-23)31-19-15-28(16-20-31)13-17-30(18-14-28)24-9-6-10-24/h11-12,22-24H,2-10,13-21H2,1H3,(H,29,32). The van der Waals surface area contributed by atoms with Crippen molar-refractivity contribution in [2.45, 2.75) is 109 Å². The van der Waals surface area contributed by atoms with Gasteiger partial charge in [-0.05, 0) is 88.3 Å². The van der Waals surface area contributed by atoms with E-state index < -0.39 is 0 Å². The minimum absolute atomic E-state index is 0.190. The van der Waals surface area contributed by atoms with E-state index >= 15 is 0 Å². The quantitative estimate of drug-likeness (QED) is 0.595. The normalized spacial score (nSPS) is 30.3. The van der Waals surface area contributed by atoms with Gasteiger partial charge in [0.2, 0.25) is 5.91 Å². The molecule has 4 fully saturated rings. The Bertz CT molecular complexity index is 711. The van der Waals surface area contributed by atoms with Crippen LogP contribution in [-0.4, -0.2) is 54.0 Å². The maximum Gasteiger partial charge on any atom is 0.247 e. The van der Waals surface area contributed by atoms with E-state index in [0.717, 1.165) is 30.9 Å². The van der Waals surface area contributed by atoms with Crippen LogP contribution in [0.4, 0.5) is 0 Å². The molecule has 1 unspecified atom stereocenters. The Labute approximate surface area is 195 Å². The number of carbonyl (C=O) groups excluding carboxylic acids is 1. The van der Waals surface area contributed by atoms with Crippen LogP contribution in [0.3, 0.4) is 0 Å². The van der Waals surface area contributed by atoms with Crippen molar-refractivity contribution in [1.29, 1.82) is 0 Å². The smallest absolute Gasteiger partial charge is 0.247 e. The van der Waals surface area contributed by atoms with Crippen LogP contribution in [0.25, 0.3) is 0 Å². The minimum atomic E-state index is 0.190. The summed E-state index contributed by atoms with van der Waals surface area (Å²) in [4.78, 5) is 18.4. The molecule has 3 aliphatic carbocycles. The summed E-state index contributed by atoms with van der Waals surface area (Å²) in [5, 5.41) is 3.36. The zero-order chi connectivity index (χ0) is 22.0. The van der Waals surface area contributed by atoms with E-state index in [4.69, 9.17) is 0 Å². The number of allylic oxidation sites excluding steroid dienone is 3. The highest BCUT2D eigenvalue weighted by atomic mass is 16.1. The Kier molecular flexibility index (Phi) is 6.97. The summed E-state index contributed by atoms with van der Waals surface area (Å²) in [6.07, 6.45) is 22.8. The van der Waals surface area contributed by atoms with Crippen LogP contribution in [-0.2, 0) is 4.79 Å². The molecule has 4 heteroatoms. The summed E-state index contributed by atoms with van der Waals surface area (Å²) in [6, 6.07) is 1.31. The van der Waals surface area contributed by atoms with Crippen LogP contribution in [0.1, 0.15) is 96.8 Å². The second-order valence-electron chi connectivity index (χ2n) is 11.7. The lowest BCUT2D eigenvalue weighted by molar-refractivity contribution is -0.118. The van der Waals surface area contributed by atoms with Crippen molar-refractivity contribution in [2.24, 2.45) is 11.3 Å². The fourth-order valence-electron chi connectivity index (χ4n) is 6.95. The third kappa shape index (κ3) is 4.95. The molecule has 2 saturated heterocycles. The molecule has 5 rings (SSSR count). The van der Waals surface area contributed by atoms with Gasteiger partial charge in [0, 0.05) is 36.4 Å². The van der Waals surface area contributed by atoms with Crippen LogP contribution in [0.5, 0.6) is 0 Å². The molecule has 1 amide bonds. The number of likely N-dealkylation sites (tertiary alicyclic amines) is 2. The van der Waals surface area contributed by atoms with E-state index in [9.17, 15) is 4.79 Å². The van der Waals surface area contributed by atoms with Crippen molar-refractivity contribution in [3.63, 3.8) is 0 Å². The monoisotopic (exact) mass is 439 g/mol. The fraction of sp³-hybridized carbons (Fsp3) is 0.821. The molecule has 2 aliphatic heterocycles. The Morgan fingerprint density at radius 3 is 2.12 bits per heavy atom. The van der Waals surface area contributed by atoms with Crippen LogP contribution in [0, 0.1) is 11.3 Å². The highest BCUT2D eigenvalue weighted by molar-refractivity contribution is 5.94. The Morgan fingerprint density at radius 2 is 1.53 bits per heavy atom. The topological polar surface area (TPSA) is 35.6 Å². The molecule has 1 spiro atoms. The van der Waals surface area contributed by atoms with Gasteiger partial charge in [0.15, 0.2) is 0 Å². The van der Waals surface area contributed by atoms with Crippen LogP contribution in [0.15, 0.2) is 23.4 Å². The molecule has 0 radical (unpaired) electrons. The second kappa shape index (κ2) is 9.91. The van der Waals surface area contributed by atoms with E-state index in [1.165, 1.54) is 103 Å². The molecule has 0 aromatic heterocycles. The first-order chi connectivity index (χ1) is 15.6. The molecule has 2 heterocycles. The number of nitrogens with one attached hydrogen (secondary N) is 1. The van der Waals surface area contributed by atoms with Crippen molar-refractivity contribution in [3.05, 3.63) is 23.4 Å². The van der Waals surface area contributed by atoms with E-state index in [-0.39, 0.29) is 5.91 Å². The first kappa shape index (κ1) is 22.5. The minimum Gasteiger partial charge on any atom is -0.375 e. The van der Waals surface area contributed by atoms with Crippen molar-refractivity contribution < 1.29 is 4.79 Å². The Hall–Kier alpha value is -1.29. The zero-order valence-electron chi connectivity index (χ0n) is 20.4. The summed E-state index contributed by atoms with van der Waals surface area (Å²) in [6.45, 7) is 7.34. The predicted octanol–water partition coefficient (Wildman–Crippen LogP) is 5.41. The summed E-state index contributed by atoms with van der Waals surface area (Å²) >= 11 is 0. The van der Waals surface area contributed by atoms with Gasteiger partial charge in [-0.2, -0.15) is 0 Å². The van der Waals surface area contributed by atoms with Gasteiger partial charge in [-0.3, -0.25) is 4.79 Å². The van der Waals surface area contributed by atoms with Gasteiger partial charge in [0.1, 0.15) is 0 Å². The van der Waals surface area contributed by atoms with Gasteiger partial charge in [-0.15, -0.1) is 0 Å². The lowest BCUT2D eigenvalue weighted by Gasteiger charge is -2.50. The highest BCUT2D eigenvalue weighted by Gasteiger charge is 2.40. The lowest BCUT2D eigenvalue weighted by Crippen LogP contribution is -2.50. The number of nitrogens with zero attached hydrogens (tertiary/aromatic N) is 2. The van der Waals surface area contributed by atoms with E-state index in [1.54, 1.807) is 0 Å². The number of rotatable bonds is 4. The van der Waals surface area contributed by atoms with Gasteiger partial charge in [0.25, 0.3) is 0 Å². The van der Waals surface area contributed by atoms with E-state index in [0.29, 0.717) is 17.4 Å². The maximum absolute atomic E-state index is 12.9. The first-order valence-corrected chi connectivity index (χ1v) is 13.8. The molecule has 5 aliphatic rings. The predicted molar refractivity (Wildman–Crippen MR) is 131 cm³/mol. The SMILES string of the molecule is CC1CC(N2CCC3(CC2)CCN(C2CCC2)CC3)=CC=C1C(=O)NC1CCCCCC1. The zero-order valence-corrected chi connectivity index (χ0v) is 20.4. The number of piperidine rings is 2. The van der Waals surface area contributed by atoms with E-state index in [1.807, 2.05) is 0 Å². The molecular formula is C28H45N3O. The van der Waals surface area contributed by atoms with Crippen molar-refractivity contribution in [1.82, 2.24) is 15.1 Å². The second-order valence-corrected chi connectivity index (χ2v) is 11.7. The van der Waals surface area contributed by atoms with Gasteiger partial charge < -0.3 is 15.1 Å². The molecule has 0 aromatic rings. The molecule has 0 bridgehead atoms. The van der Waals surface area contributed by atoms with Crippen LogP contribution in [0.2, 0.25) is 0 Å². The average molecular weight is 440 g/mol. The summed E-state index contributed by atoms with van der Waals surface area (Å²) in [7, 11) is 0. The molecule has 178 valence electrons. The lowest BCUT2D eigenvalue weighted by atomic mass is 9.70. The van der Waals surface area contributed by atoms with Gasteiger partial charge in [-0.25, -0.2) is 0 Å². The molecular weight excluding hydrogens is 394 g/mol. The van der Waals surface area contributed by atoms with Gasteiger partial charge in [0.05, 0.1) is 0 Å². The molecule has 1 atom stereocenters. The van der Waals surface area contributed by atoms with Crippen LogP contribution < -0.4 is 5.32 Å². The summed E-state index contributed by atoms with van der Waals surface area (Å²) < 4.78 is 0. The molecule has 2 saturated carbocycles. The number of hydrogen-bond acceptors (Lipinski definition) is 3. The average Bonchev–Trinajstić information content (AvgIpc) is 3.03. The number of amides is 1. The maximum atomic E-state index is 12.9. The largest absolute Gasteiger partial charge is 0.375 e. The van der Waals surface area contributed by atoms with Crippen molar-refractivity contribution >= 4 is 5.91 Å². The first-order valence-electron chi connectivity index (χ1n) is 13.8. The van der Waals surface area contributed by atoms with Crippen molar-refractivity contribution in [3.8, 4) is 0 Å². The molecule has 32 heavy (non-hydrogen) atoms. The number of hydrogen-bond donors (Lipinski definition) is 1. The fourth-order valence-corrected chi connectivity index (χ4v) is 6.95. The summed E-state index contributed by atoms with van der Waals surface area (Å²) in [5.74, 6) is 0.512. The van der Waals surface area contributed by atoms with Gasteiger partial charge in [-0.1, -0.05) is 45.1 Å². The van der Waals surface area contributed by atoms with Crippen molar-refractivity contribution in [2.75, 3.05) is 26.2 Å².